The van der Waals surface area contributed by atoms with Gasteiger partial charge in [-0.1, -0.05) is 29.3 Å². The van der Waals surface area contributed by atoms with E-state index in [2.05, 4.69) is 5.32 Å². The van der Waals surface area contributed by atoms with Gasteiger partial charge >= 0.3 is 0 Å². The van der Waals surface area contributed by atoms with Crippen LogP contribution in [0.25, 0.3) is 0 Å². The van der Waals surface area contributed by atoms with Gasteiger partial charge in [0.1, 0.15) is 5.75 Å². The maximum atomic E-state index is 11.7. The first-order chi connectivity index (χ1) is 9.54. The molecule has 0 saturated heterocycles. The molecular formula is C14H12Cl2N2O2. The molecule has 0 aliphatic heterocycles. The van der Waals surface area contributed by atoms with Gasteiger partial charge in [-0.15, -0.1) is 0 Å². The Morgan fingerprint density at radius 1 is 1.15 bits per heavy atom. The summed E-state index contributed by atoms with van der Waals surface area (Å²) < 4.78 is 5.33. The topological polar surface area (TPSA) is 64.3 Å². The zero-order valence-electron chi connectivity index (χ0n) is 10.4. The number of ether oxygens (including phenoxy) is 1. The first-order valence-corrected chi connectivity index (χ1v) is 6.53. The lowest BCUT2D eigenvalue weighted by atomic mass is 10.3. The summed E-state index contributed by atoms with van der Waals surface area (Å²) in [5.74, 6) is 0.109. The van der Waals surface area contributed by atoms with Crippen molar-refractivity contribution in [3.8, 4) is 5.75 Å². The quantitative estimate of drug-likeness (QED) is 0.848. The molecule has 0 fully saturated rings. The van der Waals surface area contributed by atoms with Crippen molar-refractivity contribution in [2.24, 2.45) is 0 Å². The molecular weight excluding hydrogens is 299 g/mol. The summed E-state index contributed by atoms with van der Waals surface area (Å²) in [6.07, 6.45) is 0. The molecule has 4 nitrogen and oxygen atoms in total. The first kappa shape index (κ1) is 14.5. The molecule has 0 atom stereocenters. The number of anilines is 2. The lowest BCUT2D eigenvalue weighted by Gasteiger charge is -2.09. The number of carbonyl (C=O) groups is 1. The molecule has 20 heavy (non-hydrogen) atoms. The van der Waals surface area contributed by atoms with Crippen molar-refractivity contribution in [1.82, 2.24) is 0 Å². The number of hydrogen-bond acceptors (Lipinski definition) is 3. The number of nitrogens with two attached hydrogens (primary N) is 1. The molecule has 0 spiro atoms. The van der Waals surface area contributed by atoms with Gasteiger partial charge in [0.25, 0.3) is 5.91 Å². The van der Waals surface area contributed by atoms with Crippen LogP contribution in [0.2, 0.25) is 10.0 Å². The van der Waals surface area contributed by atoms with E-state index in [4.69, 9.17) is 33.7 Å². The Bertz CT molecular complexity index is 632. The van der Waals surface area contributed by atoms with Crippen molar-refractivity contribution in [3.63, 3.8) is 0 Å². The standard InChI is InChI=1S/C14H12Cl2N2O2/c15-9-2-1-3-11(6-9)18-14(19)8-20-13-5-4-10(16)7-12(13)17/h1-7H,8,17H2,(H,18,19). The van der Waals surface area contributed by atoms with Crippen LogP contribution in [0.15, 0.2) is 42.5 Å². The molecule has 0 heterocycles. The summed E-state index contributed by atoms with van der Waals surface area (Å²) >= 11 is 11.6. The average Bonchev–Trinajstić information content (AvgIpc) is 2.37. The van der Waals surface area contributed by atoms with E-state index in [9.17, 15) is 4.79 Å². The second kappa shape index (κ2) is 6.50. The van der Waals surface area contributed by atoms with Gasteiger partial charge in [0, 0.05) is 15.7 Å². The minimum absolute atomic E-state index is 0.154. The van der Waals surface area contributed by atoms with Crippen LogP contribution in [0.5, 0.6) is 5.75 Å². The van der Waals surface area contributed by atoms with E-state index in [0.717, 1.165) is 0 Å². The van der Waals surface area contributed by atoms with Crippen molar-refractivity contribution in [1.29, 1.82) is 0 Å². The molecule has 2 aromatic rings. The van der Waals surface area contributed by atoms with Gasteiger partial charge in [0.2, 0.25) is 0 Å². The smallest absolute Gasteiger partial charge is 0.262 e. The molecule has 1 amide bonds. The maximum absolute atomic E-state index is 11.7. The second-order valence-electron chi connectivity index (χ2n) is 4.03. The SMILES string of the molecule is Nc1cc(Cl)ccc1OCC(=O)Nc1cccc(Cl)c1. The third-order valence-corrected chi connectivity index (χ3v) is 2.91. The summed E-state index contributed by atoms with van der Waals surface area (Å²) in [4.78, 5) is 11.7. The maximum Gasteiger partial charge on any atom is 0.262 e. The van der Waals surface area contributed by atoms with Crippen molar-refractivity contribution in [2.75, 3.05) is 17.7 Å². The zero-order chi connectivity index (χ0) is 14.5. The van der Waals surface area contributed by atoms with E-state index in [0.29, 0.717) is 27.2 Å². The highest BCUT2D eigenvalue weighted by Gasteiger charge is 2.06. The summed E-state index contributed by atoms with van der Waals surface area (Å²) in [6, 6.07) is 11.7. The number of nitrogens with one attached hydrogen (secondary N) is 1. The van der Waals surface area contributed by atoms with Gasteiger partial charge in [0.15, 0.2) is 6.61 Å². The molecule has 0 bridgehead atoms. The Kier molecular flexibility index (Phi) is 4.71. The molecule has 104 valence electrons. The molecule has 2 rings (SSSR count). The van der Waals surface area contributed by atoms with Crippen molar-refractivity contribution in [2.45, 2.75) is 0 Å². The number of nitrogen functional groups attached to an aromatic ring is 1. The van der Waals surface area contributed by atoms with Gasteiger partial charge in [-0.25, -0.2) is 0 Å². The third kappa shape index (κ3) is 4.05. The van der Waals surface area contributed by atoms with E-state index in [-0.39, 0.29) is 12.5 Å². The summed E-state index contributed by atoms with van der Waals surface area (Å²) in [6.45, 7) is -0.154. The predicted molar refractivity (Wildman–Crippen MR) is 81.4 cm³/mol. The van der Waals surface area contributed by atoms with E-state index in [1.54, 1.807) is 42.5 Å². The first-order valence-electron chi connectivity index (χ1n) is 5.78. The molecule has 0 saturated carbocycles. The van der Waals surface area contributed by atoms with Gasteiger partial charge in [-0.2, -0.15) is 0 Å². The fraction of sp³-hybridized carbons (Fsp3) is 0.0714. The molecule has 6 heteroatoms. The van der Waals surface area contributed by atoms with E-state index in [1.807, 2.05) is 0 Å². The van der Waals surface area contributed by atoms with Gasteiger partial charge in [0.05, 0.1) is 5.69 Å². The number of rotatable bonds is 4. The van der Waals surface area contributed by atoms with Crippen LogP contribution >= 0.6 is 23.2 Å². The minimum Gasteiger partial charge on any atom is -0.482 e. The van der Waals surface area contributed by atoms with Gasteiger partial charge in [-0.3, -0.25) is 4.79 Å². The molecule has 0 aliphatic carbocycles. The summed E-state index contributed by atoms with van der Waals surface area (Å²) in [7, 11) is 0. The largest absolute Gasteiger partial charge is 0.482 e. The highest BCUT2D eigenvalue weighted by atomic mass is 35.5. The number of amides is 1. The average molecular weight is 311 g/mol. The van der Waals surface area contributed by atoms with Crippen LogP contribution in [0, 0.1) is 0 Å². The summed E-state index contributed by atoms with van der Waals surface area (Å²) in [5.41, 5.74) is 6.71. The normalized spacial score (nSPS) is 10.1. The Morgan fingerprint density at radius 2 is 1.90 bits per heavy atom. The van der Waals surface area contributed by atoms with Gasteiger partial charge < -0.3 is 15.8 Å². The molecule has 3 N–H and O–H groups in total. The van der Waals surface area contributed by atoms with Crippen LogP contribution in [0.1, 0.15) is 0 Å². The number of halogens is 2. The lowest BCUT2D eigenvalue weighted by molar-refractivity contribution is -0.118. The van der Waals surface area contributed by atoms with Crippen LogP contribution < -0.4 is 15.8 Å². The number of benzene rings is 2. The third-order valence-electron chi connectivity index (χ3n) is 2.44. The Labute approximate surface area is 126 Å². The van der Waals surface area contributed by atoms with Crippen molar-refractivity contribution >= 4 is 40.5 Å². The lowest BCUT2D eigenvalue weighted by Crippen LogP contribution is -2.20. The van der Waals surface area contributed by atoms with E-state index >= 15 is 0 Å². The minimum atomic E-state index is -0.304. The van der Waals surface area contributed by atoms with Crippen LogP contribution in [-0.4, -0.2) is 12.5 Å². The number of carbonyl (C=O) groups excluding carboxylic acids is 1. The Balaban J connectivity index is 1.92. The predicted octanol–water partition coefficient (Wildman–Crippen LogP) is 3.59. The van der Waals surface area contributed by atoms with Crippen molar-refractivity contribution < 1.29 is 9.53 Å². The van der Waals surface area contributed by atoms with Crippen molar-refractivity contribution in [3.05, 3.63) is 52.5 Å². The molecule has 2 aromatic carbocycles. The van der Waals surface area contributed by atoms with E-state index < -0.39 is 0 Å². The molecule has 0 radical (unpaired) electrons. The highest BCUT2D eigenvalue weighted by molar-refractivity contribution is 6.31. The van der Waals surface area contributed by atoms with Crippen LogP contribution in [0.4, 0.5) is 11.4 Å². The van der Waals surface area contributed by atoms with Crippen LogP contribution in [-0.2, 0) is 4.79 Å². The Morgan fingerprint density at radius 3 is 2.60 bits per heavy atom. The molecule has 0 aliphatic rings. The Hall–Kier alpha value is -1.91. The summed E-state index contributed by atoms with van der Waals surface area (Å²) in [5, 5.41) is 3.73. The molecule has 0 aromatic heterocycles. The highest BCUT2D eigenvalue weighted by Crippen LogP contribution is 2.24. The monoisotopic (exact) mass is 310 g/mol. The van der Waals surface area contributed by atoms with Gasteiger partial charge in [-0.05, 0) is 36.4 Å². The fourth-order valence-corrected chi connectivity index (χ4v) is 1.93. The zero-order valence-corrected chi connectivity index (χ0v) is 11.9. The molecule has 0 unspecified atom stereocenters. The second-order valence-corrected chi connectivity index (χ2v) is 4.90. The van der Waals surface area contributed by atoms with Crippen LogP contribution in [0.3, 0.4) is 0 Å². The van der Waals surface area contributed by atoms with E-state index in [1.165, 1.54) is 0 Å². The fourth-order valence-electron chi connectivity index (χ4n) is 1.56. The number of hydrogen-bond donors (Lipinski definition) is 2.